The number of amides is 2. The number of hydrogen-bond donors (Lipinski definition) is 3. The van der Waals surface area contributed by atoms with E-state index in [0.29, 0.717) is 19.4 Å². The Morgan fingerprint density at radius 3 is 2.63 bits per heavy atom. The number of aliphatic carboxylic acids is 1. The lowest BCUT2D eigenvalue weighted by molar-refractivity contribution is -0.141. The number of likely N-dealkylation sites (tertiary alicyclic amines) is 1. The minimum atomic E-state index is -0.775. The van der Waals surface area contributed by atoms with Crippen molar-refractivity contribution in [3.8, 4) is 0 Å². The number of aliphatic hydroxyl groups is 1. The molecule has 108 valence electrons. The third kappa shape index (κ3) is 3.37. The van der Waals surface area contributed by atoms with Gasteiger partial charge in [-0.05, 0) is 38.5 Å². The molecule has 0 spiro atoms. The van der Waals surface area contributed by atoms with Crippen LogP contribution in [0.4, 0.5) is 4.79 Å². The van der Waals surface area contributed by atoms with Gasteiger partial charge in [0.15, 0.2) is 0 Å². The molecule has 2 fully saturated rings. The molecule has 1 saturated heterocycles. The van der Waals surface area contributed by atoms with E-state index in [4.69, 9.17) is 5.11 Å². The fraction of sp³-hybridized carbons (Fsp3) is 0.846. The van der Waals surface area contributed by atoms with Crippen LogP contribution in [-0.2, 0) is 4.79 Å². The van der Waals surface area contributed by atoms with Crippen LogP contribution in [0.5, 0.6) is 0 Å². The van der Waals surface area contributed by atoms with Crippen LogP contribution in [0.1, 0.15) is 38.5 Å². The maximum atomic E-state index is 12.2. The number of carbonyl (C=O) groups is 2. The maximum Gasteiger partial charge on any atom is 0.317 e. The SMILES string of the molecule is O=C(O)[C@@H]1CC[C@H](NC(=O)N2CCCCC2CO)C1. The number of hydrogen-bond acceptors (Lipinski definition) is 3. The van der Waals surface area contributed by atoms with E-state index in [0.717, 1.165) is 25.7 Å². The highest BCUT2D eigenvalue weighted by atomic mass is 16.4. The van der Waals surface area contributed by atoms with Crippen molar-refractivity contribution in [1.29, 1.82) is 0 Å². The third-order valence-electron chi connectivity index (χ3n) is 4.21. The number of nitrogens with one attached hydrogen (secondary N) is 1. The van der Waals surface area contributed by atoms with Gasteiger partial charge in [0.2, 0.25) is 0 Å². The summed E-state index contributed by atoms with van der Waals surface area (Å²) in [7, 11) is 0. The van der Waals surface area contributed by atoms with Crippen LogP contribution >= 0.6 is 0 Å². The summed E-state index contributed by atoms with van der Waals surface area (Å²) < 4.78 is 0. The number of carbonyl (C=O) groups excluding carboxylic acids is 1. The molecule has 3 atom stereocenters. The van der Waals surface area contributed by atoms with Crippen molar-refractivity contribution in [2.75, 3.05) is 13.2 Å². The molecule has 0 bridgehead atoms. The molecule has 0 aromatic carbocycles. The molecule has 0 radical (unpaired) electrons. The molecule has 19 heavy (non-hydrogen) atoms. The smallest absolute Gasteiger partial charge is 0.317 e. The lowest BCUT2D eigenvalue weighted by atomic mass is 10.0. The number of rotatable bonds is 3. The van der Waals surface area contributed by atoms with E-state index in [-0.39, 0.29) is 30.6 Å². The highest BCUT2D eigenvalue weighted by Gasteiger charge is 2.33. The highest BCUT2D eigenvalue weighted by Crippen LogP contribution is 2.26. The Kier molecular flexibility index (Phi) is 4.63. The van der Waals surface area contributed by atoms with Gasteiger partial charge in [-0.25, -0.2) is 4.79 Å². The van der Waals surface area contributed by atoms with Crippen LogP contribution in [0.25, 0.3) is 0 Å². The van der Waals surface area contributed by atoms with Crippen LogP contribution in [-0.4, -0.2) is 52.3 Å². The standard InChI is InChI=1S/C13H22N2O4/c16-8-11-3-1-2-6-15(11)13(19)14-10-5-4-9(7-10)12(17)18/h9-11,16H,1-8H2,(H,14,19)(H,17,18)/t9-,10+,11?/m1/s1. The fourth-order valence-electron chi connectivity index (χ4n) is 3.05. The molecular weight excluding hydrogens is 248 g/mol. The Morgan fingerprint density at radius 1 is 1.21 bits per heavy atom. The summed E-state index contributed by atoms with van der Waals surface area (Å²) >= 11 is 0. The second-order valence-corrected chi connectivity index (χ2v) is 5.52. The van der Waals surface area contributed by atoms with Crippen molar-refractivity contribution >= 4 is 12.0 Å². The molecule has 0 aromatic heterocycles. The number of aliphatic hydroxyl groups excluding tert-OH is 1. The first-order valence-electron chi connectivity index (χ1n) is 7.02. The van der Waals surface area contributed by atoms with E-state index in [1.165, 1.54) is 0 Å². The van der Waals surface area contributed by atoms with E-state index in [1.807, 2.05) is 0 Å². The predicted octanol–water partition coefficient (Wildman–Crippen LogP) is 0.796. The predicted molar refractivity (Wildman–Crippen MR) is 68.7 cm³/mol. The van der Waals surface area contributed by atoms with Crippen molar-refractivity contribution in [3.63, 3.8) is 0 Å². The first-order chi connectivity index (χ1) is 9.11. The Balaban J connectivity index is 1.85. The molecule has 0 aromatic rings. The molecular formula is C13H22N2O4. The second-order valence-electron chi connectivity index (χ2n) is 5.52. The van der Waals surface area contributed by atoms with E-state index < -0.39 is 5.97 Å². The first-order valence-corrected chi connectivity index (χ1v) is 7.02. The molecule has 1 saturated carbocycles. The van der Waals surface area contributed by atoms with Gasteiger partial charge >= 0.3 is 12.0 Å². The van der Waals surface area contributed by atoms with Gasteiger partial charge in [-0.2, -0.15) is 0 Å². The van der Waals surface area contributed by atoms with Gasteiger partial charge < -0.3 is 20.4 Å². The molecule has 2 amide bonds. The zero-order valence-electron chi connectivity index (χ0n) is 11.0. The van der Waals surface area contributed by atoms with E-state index >= 15 is 0 Å². The topological polar surface area (TPSA) is 89.9 Å². The summed E-state index contributed by atoms with van der Waals surface area (Å²) in [6.07, 6.45) is 4.71. The molecule has 3 N–H and O–H groups in total. The number of urea groups is 1. The lowest BCUT2D eigenvalue weighted by Gasteiger charge is -2.35. The molecule has 6 heteroatoms. The molecule has 6 nitrogen and oxygen atoms in total. The minimum absolute atomic E-state index is 0.00413. The first kappa shape index (κ1) is 14.1. The van der Waals surface area contributed by atoms with E-state index in [9.17, 15) is 14.7 Å². The molecule has 1 unspecified atom stereocenters. The van der Waals surface area contributed by atoms with Gasteiger partial charge in [-0.15, -0.1) is 0 Å². The summed E-state index contributed by atoms with van der Waals surface area (Å²) in [5, 5.41) is 21.1. The van der Waals surface area contributed by atoms with Gasteiger partial charge in [-0.3, -0.25) is 4.79 Å². The minimum Gasteiger partial charge on any atom is -0.481 e. The van der Waals surface area contributed by atoms with E-state index in [1.54, 1.807) is 4.90 Å². The quantitative estimate of drug-likeness (QED) is 0.707. The van der Waals surface area contributed by atoms with Crippen molar-refractivity contribution < 1.29 is 19.8 Å². The number of nitrogens with zero attached hydrogens (tertiary/aromatic N) is 1. The summed E-state index contributed by atoms with van der Waals surface area (Å²) in [4.78, 5) is 24.7. The van der Waals surface area contributed by atoms with Crippen molar-refractivity contribution in [2.24, 2.45) is 5.92 Å². The van der Waals surface area contributed by atoms with Crippen LogP contribution in [0, 0.1) is 5.92 Å². The Labute approximate surface area is 112 Å². The number of piperidine rings is 1. The summed E-state index contributed by atoms with van der Waals surface area (Å²) in [6, 6.07) is -0.296. The molecule has 1 aliphatic heterocycles. The molecule has 1 aliphatic carbocycles. The summed E-state index contributed by atoms with van der Waals surface area (Å²) in [6.45, 7) is 0.669. The average molecular weight is 270 g/mol. The van der Waals surface area contributed by atoms with Crippen LogP contribution in [0.15, 0.2) is 0 Å². The zero-order chi connectivity index (χ0) is 13.8. The maximum absolute atomic E-state index is 12.2. The molecule has 2 rings (SSSR count). The number of carboxylic acid groups (broad SMARTS) is 1. The van der Waals surface area contributed by atoms with Gasteiger partial charge in [0.1, 0.15) is 0 Å². The Morgan fingerprint density at radius 2 is 2.00 bits per heavy atom. The van der Waals surface area contributed by atoms with Crippen LogP contribution in [0.3, 0.4) is 0 Å². The van der Waals surface area contributed by atoms with Crippen LogP contribution < -0.4 is 5.32 Å². The third-order valence-corrected chi connectivity index (χ3v) is 4.21. The lowest BCUT2D eigenvalue weighted by Crippen LogP contribution is -2.52. The zero-order valence-corrected chi connectivity index (χ0v) is 11.0. The number of carboxylic acids is 1. The molecule has 1 heterocycles. The van der Waals surface area contributed by atoms with Gasteiger partial charge in [0.25, 0.3) is 0 Å². The molecule has 2 aliphatic rings. The van der Waals surface area contributed by atoms with E-state index in [2.05, 4.69) is 5.32 Å². The van der Waals surface area contributed by atoms with Crippen molar-refractivity contribution in [3.05, 3.63) is 0 Å². The van der Waals surface area contributed by atoms with Gasteiger partial charge in [-0.1, -0.05) is 0 Å². The summed E-state index contributed by atoms with van der Waals surface area (Å²) in [5.74, 6) is -1.11. The average Bonchev–Trinajstić information content (AvgIpc) is 2.87. The monoisotopic (exact) mass is 270 g/mol. The van der Waals surface area contributed by atoms with Crippen molar-refractivity contribution in [2.45, 2.75) is 50.6 Å². The summed E-state index contributed by atoms with van der Waals surface area (Å²) in [5.41, 5.74) is 0. The van der Waals surface area contributed by atoms with Gasteiger partial charge in [0, 0.05) is 12.6 Å². The second kappa shape index (κ2) is 6.23. The Bertz CT molecular complexity index is 348. The van der Waals surface area contributed by atoms with Crippen LogP contribution in [0.2, 0.25) is 0 Å². The van der Waals surface area contributed by atoms with Crippen molar-refractivity contribution in [1.82, 2.24) is 10.2 Å². The highest BCUT2D eigenvalue weighted by molar-refractivity contribution is 5.75. The Hall–Kier alpha value is -1.30. The normalized spacial score (nSPS) is 31.2. The van der Waals surface area contributed by atoms with Gasteiger partial charge in [0.05, 0.1) is 18.6 Å². The largest absolute Gasteiger partial charge is 0.481 e. The fourth-order valence-corrected chi connectivity index (χ4v) is 3.05.